The zero-order valence-electron chi connectivity index (χ0n) is 12.3. The van der Waals surface area contributed by atoms with E-state index >= 15 is 0 Å². The van der Waals surface area contributed by atoms with Crippen LogP contribution in [0.4, 0.5) is 5.82 Å². The first-order valence-electron chi connectivity index (χ1n) is 6.94. The Bertz CT molecular complexity index is 598. The lowest BCUT2D eigenvalue weighted by Gasteiger charge is -2.34. The van der Waals surface area contributed by atoms with E-state index in [-0.39, 0.29) is 10.7 Å². The van der Waals surface area contributed by atoms with E-state index in [1.807, 2.05) is 0 Å². The van der Waals surface area contributed by atoms with Crippen molar-refractivity contribution in [3.8, 4) is 0 Å². The van der Waals surface area contributed by atoms with Crippen LogP contribution in [0.5, 0.6) is 0 Å². The Kier molecular flexibility index (Phi) is 5.24. The zero-order valence-corrected chi connectivity index (χ0v) is 14.7. The molecule has 2 heterocycles. The van der Waals surface area contributed by atoms with E-state index in [4.69, 9.17) is 5.73 Å². The van der Waals surface area contributed by atoms with Gasteiger partial charge < -0.3 is 10.6 Å². The molecule has 2 rings (SSSR count). The molecule has 0 bridgehead atoms. The van der Waals surface area contributed by atoms with Crippen LogP contribution in [-0.4, -0.2) is 55.3 Å². The van der Waals surface area contributed by atoms with E-state index < -0.39 is 10.0 Å². The Labute approximate surface area is 134 Å². The van der Waals surface area contributed by atoms with Crippen LogP contribution in [0.3, 0.4) is 0 Å². The third-order valence-electron chi connectivity index (χ3n) is 3.42. The predicted octanol–water partition coefficient (Wildman–Crippen LogP) is 1.39. The minimum atomic E-state index is -3.58. The van der Waals surface area contributed by atoms with Crippen LogP contribution < -0.4 is 5.73 Å². The molecular formula is C13H21BrN4O2S. The maximum atomic E-state index is 12.7. The van der Waals surface area contributed by atoms with E-state index in [9.17, 15) is 8.42 Å². The average Bonchev–Trinajstić information content (AvgIpc) is 2.41. The maximum Gasteiger partial charge on any atom is 0.246 e. The molecule has 8 heteroatoms. The van der Waals surface area contributed by atoms with Crippen LogP contribution in [0.2, 0.25) is 0 Å². The maximum absolute atomic E-state index is 12.7. The van der Waals surface area contributed by atoms with Gasteiger partial charge in [0.15, 0.2) is 0 Å². The minimum Gasteiger partial charge on any atom is -0.383 e. The van der Waals surface area contributed by atoms with Gasteiger partial charge in [-0.3, -0.25) is 0 Å². The number of nitrogens with zero attached hydrogens (tertiary/aromatic N) is 3. The second-order valence-electron chi connectivity index (χ2n) is 5.64. The molecule has 1 aromatic heterocycles. The minimum absolute atomic E-state index is 0.0443. The first-order valence-corrected chi connectivity index (χ1v) is 9.17. The molecule has 0 amide bonds. The van der Waals surface area contributed by atoms with Gasteiger partial charge in [-0.1, -0.05) is 13.8 Å². The monoisotopic (exact) mass is 376 g/mol. The predicted molar refractivity (Wildman–Crippen MR) is 86.4 cm³/mol. The summed E-state index contributed by atoms with van der Waals surface area (Å²) >= 11 is 3.24. The Hall–Kier alpha value is -0.700. The van der Waals surface area contributed by atoms with Crippen LogP contribution in [0.15, 0.2) is 21.6 Å². The van der Waals surface area contributed by atoms with Crippen molar-refractivity contribution in [2.75, 3.05) is 38.5 Å². The number of aromatic nitrogens is 1. The van der Waals surface area contributed by atoms with Gasteiger partial charge in [-0.15, -0.1) is 0 Å². The summed E-state index contributed by atoms with van der Waals surface area (Å²) in [6, 6.07) is 1.51. The highest BCUT2D eigenvalue weighted by Crippen LogP contribution is 2.24. The Morgan fingerprint density at radius 1 is 1.33 bits per heavy atom. The quantitative estimate of drug-likeness (QED) is 0.858. The lowest BCUT2D eigenvalue weighted by Crippen LogP contribution is -2.49. The summed E-state index contributed by atoms with van der Waals surface area (Å²) in [7, 11) is -3.58. The third kappa shape index (κ3) is 3.94. The van der Waals surface area contributed by atoms with Gasteiger partial charge >= 0.3 is 0 Å². The van der Waals surface area contributed by atoms with Crippen molar-refractivity contribution < 1.29 is 8.42 Å². The molecule has 1 fully saturated rings. The standard InChI is InChI=1S/C13H21BrN4O2S/c1-10(2)9-17-3-5-18(6-4-17)21(19,20)12-7-11(14)8-16-13(12)15/h7-8,10H,3-6,9H2,1-2H3,(H2,15,16). The number of piperazine rings is 1. The SMILES string of the molecule is CC(C)CN1CCN(S(=O)(=O)c2cc(Br)cnc2N)CC1. The summed E-state index contributed by atoms with van der Waals surface area (Å²) < 4.78 is 27.4. The average molecular weight is 377 g/mol. The molecule has 0 unspecified atom stereocenters. The molecule has 6 nitrogen and oxygen atoms in total. The first kappa shape index (κ1) is 16.7. The van der Waals surface area contributed by atoms with Gasteiger partial charge in [0.05, 0.1) is 0 Å². The topological polar surface area (TPSA) is 79.5 Å². The van der Waals surface area contributed by atoms with Gasteiger partial charge in [0.1, 0.15) is 10.7 Å². The van der Waals surface area contributed by atoms with Crippen molar-refractivity contribution in [1.82, 2.24) is 14.2 Å². The van der Waals surface area contributed by atoms with Crippen LogP contribution in [0.25, 0.3) is 0 Å². The second kappa shape index (κ2) is 6.60. The van der Waals surface area contributed by atoms with Crippen LogP contribution in [-0.2, 0) is 10.0 Å². The van der Waals surface area contributed by atoms with Gasteiger partial charge in [0.25, 0.3) is 0 Å². The fraction of sp³-hybridized carbons (Fsp3) is 0.615. The van der Waals surface area contributed by atoms with Crippen molar-refractivity contribution in [1.29, 1.82) is 0 Å². The molecule has 0 radical (unpaired) electrons. The molecule has 0 atom stereocenters. The van der Waals surface area contributed by atoms with Gasteiger partial charge in [0.2, 0.25) is 10.0 Å². The zero-order chi connectivity index (χ0) is 15.6. The van der Waals surface area contributed by atoms with Crippen molar-refractivity contribution in [2.24, 2.45) is 5.92 Å². The highest BCUT2D eigenvalue weighted by atomic mass is 79.9. The number of rotatable bonds is 4. The molecule has 0 aromatic carbocycles. The molecule has 1 aromatic rings. The van der Waals surface area contributed by atoms with Gasteiger partial charge in [0, 0.05) is 43.4 Å². The van der Waals surface area contributed by atoms with E-state index in [1.54, 1.807) is 0 Å². The van der Waals surface area contributed by atoms with Crippen LogP contribution in [0.1, 0.15) is 13.8 Å². The fourth-order valence-corrected chi connectivity index (χ4v) is 4.44. The Morgan fingerprint density at radius 3 is 2.52 bits per heavy atom. The highest BCUT2D eigenvalue weighted by Gasteiger charge is 2.30. The summed E-state index contributed by atoms with van der Waals surface area (Å²) in [6.07, 6.45) is 1.49. The van der Waals surface area contributed by atoms with E-state index in [0.717, 1.165) is 19.6 Å². The highest BCUT2D eigenvalue weighted by molar-refractivity contribution is 9.10. The lowest BCUT2D eigenvalue weighted by atomic mass is 10.2. The normalized spacial score (nSPS) is 18.3. The summed E-state index contributed by atoms with van der Waals surface area (Å²) in [4.78, 5) is 6.28. The number of hydrogen-bond donors (Lipinski definition) is 1. The number of nitrogen functional groups attached to an aromatic ring is 1. The number of sulfonamides is 1. The summed E-state index contributed by atoms with van der Waals surface area (Å²) in [5.74, 6) is 0.626. The molecule has 21 heavy (non-hydrogen) atoms. The van der Waals surface area contributed by atoms with Gasteiger partial charge in [-0.2, -0.15) is 4.31 Å². The number of pyridine rings is 1. The molecular weight excluding hydrogens is 356 g/mol. The molecule has 0 aliphatic carbocycles. The van der Waals surface area contributed by atoms with Crippen molar-refractivity contribution >= 4 is 31.8 Å². The second-order valence-corrected chi connectivity index (χ2v) is 8.46. The number of anilines is 1. The number of nitrogens with two attached hydrogens (primary N) is 1. The van der Waals surface area contributed by atoms with E-state index in [0.29, 0.717) is 23.5 Å². The third-order valence-corrected chi connectivity index (χ3v) is 5.78. The number of hydrogen-bond acceptors (Lipinski definition) is 5. The first-order chi connectivity index (χ1) is 9.80. The lowest BCUT2D eigenvalue weighted by molar-refractivity contribution is 0.172. The molecule has 1 aliphatic heterocycles. The molecule has 1 saturated heterocycles. The molecule has 118 valence electrons. The van der Waals surface area contributed by atoms with Gasteiger partial charge in [-0.25, -0.2) is 13.4 Å². The fourth-order valence-electron chi connectivity index (χ4n) is 2.45. The molecule has 0 saturated carbocycles. The molecule has 2 N–H and O–H groups in total. The Balaban J connectivity index is 2.13. The van der Waals surface area contributed by atoms with Gasteiger partial charge in [-0.05, 0) is 27.9 Å². The smallest absolute Gasteiger partial charge is 0.246 e. The van der Waals surface area contributed by atoms with Crippen LogP contribution in [0, 0.1) is 5.92 Å². The van der Waals surface area contributed by atoms with Crippen molar-refractivity contribution in [2.45, 2.75) is 18.7 Å². The van der Waals surface area contributed by atoms with E-state index in [2.05, 4.69) is 39.7 Å². The summed E-state index contributed by atoms with van der Waals surface area (Å²) in [6.45, 7) is 7.79. The molecule has 0 spiro atoms. The van der Waals surface area contributed by atoms with Crippen LogP contribution >= 0.6 is 15.9 Å². The van der Waals surface area contributed by atoms with Crippen molar-refractivity contribution in [3.05, 3.63) is 16.7 Å². The summed E-state index contributed by atoms with van der Waals surface area (Å²) in [5, 5.41) is 0. The van der Waals surface area contributed by atoms with Crippen molar-refractivity contribution in [3.63, 3.8) is 0 Å². The van der Waals surface area contributed by atoms with E-state index in [1.165, 1.54) is 16.6 Å². The summed E-state index contributed by atoms with van der Waals surface area (Å²) in [5.41, 5.74) is 5.73. The largest absolute Gasteiger partial charge is 0.383 e. The number of halogens is 1. The Morgan fingerprint density at radius 2 is 1.95 bits per heavy atom. The molecule has 1 aliphatic rings.